The Morgan fingerprint density at radius 1 is 0.914 bits per heavy atom. The molecule has 184 valence electrons. The van der Waals surface area contributed by atoms with E-state index >= 15 is 0 Å². The van der Waals surface area contributed by atoms with Gasteiger partial charge in [-0.2, -0.15) is 0 Å². The maximum atomic E-state index is 13.8. The van der Waals surface area contributed by atoms with E-state index in [-0.39, 0.29) is 23.9 Å². The number of nitrogens with zero attached hydrogens (tertiary/aromatic N) is 3. The number of hydrogen-bond acceptors (Lipinski definition) is 5. The molecule has 1 fully saturated rings. The minimum Gasteiger partial charge on any atom is -0.341 e. The van der Waals surface area contributed by atoms with Gasteiger partial charge in [-0.05, 0) is 66.3 Å². The van der Waals surface area contributed by atoms with E-state index in [0.717, 1.165) is 30.8 Å². The predicted octanol–water partition coefficient (Wildman–Crippen LogP) is 4.76. The highest BCUT2D eigenvalue weighted by Crippen LogP contribution is 2.40. The van der Waals surface area contributed by atoms with Crippen LogP contribution in [0.3, 0.4) is 0 Å². The topological polar surface area (TPSA) is 43.9 Å². The number of hydrogen-bond donors (Lipinski definition) is 0. The van der Waals surface area contributed by atoms with E-state index < -0.39 is 0 Å². The van der Waals surface area contributed by atoms with E-state index in [1.165, 1.54) is 21.6 Å². The van der Waals surface area contributed by atoms with Crippen LogP contribution in [0.15, 0.2) is 53.2 Å². The van der Waals surface area contributed by atoms with Crippen molar-refractivity contribution in [2.45, 2.75) is 45.2 Å². The first-order chi connectivity index (χ1) is 17.0. The van der Waals surface area contributed by atoms with Gasteiger partial charge >= 0.3 is 0 Å². The van der Waals surface area contributed by atoms with Gasteiger partial charge in [-0.25, -0.2) is 0 Å². The standard InChI is InChI=1S/C28H33N3O2S2/c1-20-7-3-4-9-23(20)27-24-11-18-35-25(24)10-14-31(27)21(2)28(33)30-13-6-12-29(15-16-30)26(32)19-22-8-5-17-34-22/h3-5,7-9,11,17-18,21,27H,6,10,12-16,19H2,1-2H3/t21-,27+/m0/s1. The zero-order valence-corrected chi connectivity index (χ0v) is 22.1. The maximum absolute atomic E-state index is 13.8. The summed E-state index contributed by atoms with van der Waals surface area (Å²) < 4.78 is 0. The fourth-order valence-corrected chi connectivity index (χ4v) is 7.06. The van der Waals surface area contributed by atoms with Crippen molar-refractivity contribution in [2.75, 3.05) is 32.7 Å². The van der Waals surface area contributed by atoms with Gasteiger partial charge in [0, 0.05) is 42.5 Å². The van der Waals surface area contributed by atoms with Crippen molar-refractivity contribution in [1.29, 1.82) is 0 Å². The van der Waals surface area contributed by atoms with Crippen molar-refractivity contribution < 1.29 is 9.59 Å². The first-order valence-corrected chi connectivity index (χ1v) is 14.3. The molecule has 0 aliphatic carbocycles. The lowest BCUT2D eigenvalue weighted by molar-refractivity contribution is -0.138. The normalized spacial score (nSPS) is 19.8. The Kier molecular flexibility index (Phi) is 7.37. The van der Waals surface area contributed by atoms with Gasteiger partial charge < -0.3 is 9.80 Å². The highest BCUT2D eigenvalue weighted by Gasteiger charge is 2.37. The van der Waals surface area contributed by atoms with Crippen molar-refractivity contribution in [3.63, 3.8) is 0 Å². The molecule has 5 rings (SSSR count). The highest BCUT2D eigenvalue weighted by molar-refractivity contribution is 7.10. The summed E-state index contributed by atoms with van der Waals surface area (Å²) >= 11 is 3.45. The lowest BCUT2D eigenvalue weighted by Crippen LogP contribution is -2.51. The smallest absolute Gasteiger partial charge is 0.239 e. The summed E-state index contributed by atoms with van der Waals surface area (Å²) in [4.78, 5) is 35.5. The lowest BCUT2D eigenvalue weighted by Gasteiger charge is -2.41. The minimum absolute atomic E-state index is 0.0981. The Labute approximate surface area is 216 Å². The van der Waals surface area contributed by atoms with Crippen molar-refractivity contribution >= 4 is 34.5 Å². The third-order valence-corrected chi connectivity index (χ3v) is 9.28. The lowest BCUT2D eigenvalue weighted by atomic mass is 9.89. The summed E-state index contributed by atoms with van der Waals surface area (Å²) in [5.41, 5.74) is 3.89. The molecule has 0 bridgehead atoms. The van der Waals surface area contributed by atoms with Gasteiger partial charge in [-0.1, -0.05) is 30.3 Å². The Bertz CT molecular complexity index is 1170. The third kappa shape index (κ3) is 5.08. The molecule has 2 atom stereocenters. The molecular formula is C28H33N3O2S2. The van der Waals surface area contributed by atoms with Crippen LogP contribution >= 0.6 is 22.7 Å². The van der Waals surface area contributed by atoms with Gasteiger partial charge in [0.1, 0.15) is 0 Å². The Morgan fingerprint density at radius 3 is 2.51 bits per heavy atom. The number of aryl methyl sites for hydroxylation is 1. The third-order valence-electron chi connectivity index (χ3n) is 7.41. The molecule has 0 unspecified atom stereocenters. The summed E-state index contributed by atoms with van der Waals surface area (Å²) in [6.07, 6.45) is 2.26. The zero-order valence-electron chi connectivity index (χ0n) is 20.5. The van der Waals surface area contributed by atoms with Crippen LogP contribution in [0.5, 0.6) is 0 Å². The summed E-state index contributed by atoms with van der Waals surface area (Å²) in [6.45, 7) is 7.74. The van der Waals surface area contributed by atoms with E-state index in [1.807, 2.05) is 38.6 Å². The molecule has 2 amide bonds. The van der Waals surface area contributed by atoms with Crippen LogP contribution in [0.25, 0.3) is 0 Å². The molecule has 0 radical (unpaired) electrons. The molecule has 7 heteroatoms. The second-order valence-electron chi connectivity index (χ2n) is 9.54. The van der Waals surface area contributed by atoms with Crippen molar-refractivity contribution in [3.8, 4) is 0 Å². The molecule has 4 heterocycles. The van der Waals surface area contributed by atoms with E-state index in [4.69, 9.17) is 0 Å². The van der Waals surface area contributed by atoms with E-state index in [1.54, 1.807) is 11.3 Å². The molecule has 0 spiro atoms. The van der Waals surface area contributed by atoms with Crippen LogP contribution in [0, 0.1) is 6.92 Å². The molecule has 3 aromatic rings. The summed E-state index contributed by atoms with van der Waals surface area (Å²) in [6, 6.07) is 14.7. The molecule has 1 saturated heterocycles. The minimum atomic E-state index is -0.221. The number of carbonyl (C=O) groups is 2. The number of amides is 2. The van der Waals surface area contributed by atoms with Gasteiger partial charge in [-0.15, -0.1) is 22.7 Å². The van der Waals surface area contributed by atoms with Gasteiger partial charge in [0.25, 0.3) is 0 Å². The largest absolute Gasteiger partial charge is 0.341 e. The van der Waals surface area contributed by atoms with Crippen LogP contribution in [0.4, 0.5) is 0 Å². The molecule has 0 saturated carbocycles. The second-order valence-corrected chi connectivity index (χ2v) is 11.6. The molecule has 2 aliphatic heterocycles. The fourth-order valence-electron chi connectivity index (χ4n) is 5.46. The summed E-state index contributed by atoms with van der Waals surface area (Å²) in [5.74, 6) is 0.338. The molecule has 2 aromatic heterocycles. The Hall–Kier alpha value is -2.48. The molecule has 0 N–H and O–H groups in total. The average Bonchev–Trinajstić information content (AvgIpc) is 3.49. The van der Waals surface area contributed by atoms with Crippen LogP contribution in [0.1, 0.15) is 45.8 Å². The number of thiophene rings is 2. The van der Waals surface area contributed by atoms with E-state index in [2.05, 4.69) is 54.5 Å². The second kappa shape index (κ2) is 10.6. The first kappa shape index (κ1) is 24.2. The molecule has 35 heavy (non-hydrogen) atoms. The predicted molar refractivity (Wildman–Crippen MR) is 143 cm³/mol. The molecule has 5 nitrogen and oxygen atoms in total. The summed E-state index contributed by atoms with van der Waals surface area (Å²) in [7, 11) is 0. The monoisotopic (exact) mass is 507 g/mol. The average molecular weight is 508 g/mol. The zero-order chi connectivity index (χ0) is 24.4. The van der Waals surface area contributed by atoms with Crippen LogP contribution in [0.2, 0.25) is 0 Å². The summed E-state index contributed by atoms with van der Waals surface area (Å²) in [5, 5.41) is 4.19. The Morgan fingerprint density at radius 2 is 1.71 bits per heavy atom. The van der Waals surface area contributed by atoms with Crippen LogP contribution < -0.4 is 0 Å². The SMILES string of the molecule is Cc1ccccc1[C@@H]1c2ccsc2CCN1[C@@H](C)C(=O)N1CCCN(C(=O)Cc2cccs2)CC1. The van der Waals surface area contributed by atoms with Gasteiger partial charge in [0.2, 0.25) is 11.8 Å². The number of fused-ring (bicyclic) bond motifs is 1. The van der Waals surface area contributed by atoms with E-state index in [0.29, 0.717) is 26.1 Å². The molecular weight excluding hydrogens is 474 g/mol. The number of carbonyl (C=O) groups excluding carboxylic acids is 2. The first-order valence-electron chi connectivity index (χ1n) is 12.5. The highest BCUT2D eigenvalue weighted by atomic mass is 32.1. The van der Waals surface area contributed by atoms with Crippen molar-refractivity contribution in [2.24, 2.45) is 0 Å². The molecule has 2 aliphatic rings. The quantitative estimate of drug-likeness (QED) is 0.500. The van der Waals surface area contributed by atoms with Crippen molar-refractivity contribution in [3.05, 3.63) is 79.7 Å². The van der Waals surface area contributed by atoms with Gasteiger partial charge in [0.15, 0.2) is 0 Å². The van der Waals surface area contributed by atoms with Crippen molar-refractivity contribution in [1.82, 2.24) is 14.7 Å². The fraction of sp³-hybridized carbons (Fsp3) is 0.429. The van der Waals surface area contributed by atoms with Crippen LogP contribution in [-0.4, -0.2) is 65.3 Å². The number of rotatable bonds is 5. The van der Waals surface area contributed by atoms with Crippen LogP contribution in [-0.2, 0) is 22.4 Å². The molecule has 1 aromatic carbocycles. The maximum Gasteiger partial charge on any atom is 0.239 e. The van der Waals surface area contributed by atoms with E-state index in [9.17, 15) is 9.59 Å². The van der Waals surface area contributed by atoms with Gasteiger partial charge in [0.05, 0.1) is 18.5 Å². The Balaban J connectivity index is 1.30. The number of benzene rings is 1. The van der Waals surface area contributed by atoms with Gasteiger partial charge in [-0.3, -0.25) is 14.5 Å².